The van der Waals surface area contributed by atoms with Crippen molar-refractivity contribution in [1.82, 2.24) is 25.3 Å². The Balaban J connectivity index is 0.00000192. The number of hydrogen-bond acceptors (Lipinski definition) is 4. The summed E-state index contributed by atoms with van der Waals surface area (Å²) < 4.78 is 15.3. The SMILES string of the molecule is Cl.O=C1CC(c2cc3n(n2)CCCNC3)c2c(n[nH]c2-c2ccc(F)cc2)N1. The number of rotatable bonds is 2. The average molecular weight is 403 g/mol. The van der Waals surface area contributed by atoms with Gasteiger partial charge in [0.25, 0.3) is 0 Å². The van der Waals surface area contributed by atoms with Crippen LogP contribution in [0.3, 0.4) is 0 Å². The van der Waals surface area contributed by atoms with Gasteiger partial charge < -0.3 is 10.6 Å². The monoisotopic (exact) mass is 402 g/mol. The molecule has 0 spiro atoms. The fraction of sp³-hybridized carbons (Fsp3) is 0.316. The molecule has 0 radical (unpaired) electrons. The van der Waals surface area contributed by atoms with Crippen molar-refractivity contribution in [2.24, 2.45) is 0 Å². The Morgan fingerprint density at radius 2 is 2.04 bits per heavy atom. The van der Waals surface area contributed by atoms with Crippen LogP contribution in [0.4, 0.5) is 10.2 Å². The number of fused-ring (bicyclic) bond motifs is 2. The lowest BCUT2D eigenvalue weighted by Gasteiger charge is -2.21. The fourth-order valence-electron chi connectivity index (χ4n) is 3.90. The molecule has 1 unspecified atom stereocenters. The zero-order chi connectivity index (χ0) is 18.4. The third kappa shape index (κ3) is 3.18. The van der Waals surface area contributed by atoms with Crippen LogP contribution in [0, 0.1) is 5.82 Å². The van der Waals surface area contributed by atoms with Gasteiger partial charge in [-0.1, -0.05) is 0 Å². The van der Waals surface area contributed by atoms with Crippen molar-refractivity contribution in [3.05, 3.63) is 53.1 Å². The Labute approximate surface area is 167 Å². The number of benzene rings is 1. The van der Waals surface area contributed by atoms with Crippen molar-refractivity contribution in [2.75, 3.05) is 11.9 Å². The molecule has 3 N–H and O–H groups in total. The number of carbonyl (C=O) groups is 1. The molecule has 9 heteroatoms. The van der Waals surface area contributed by atoms with Gasteiger partial charge in [0.2, 0.25) is 5.91 Å². The number of aromatic nitrogens is 4. The number of anilines is 1. The van der Waals surface area contributed by atoms with E-state index in [2.05, 4.69) is 26.9 Å². The van der Waals surface area contributed by atoms with E-state index in [0.717, 1.165) is 54.3 Å². The smallest absolute Gasteiger partial charge is 0.226 e. The summed E-state index contributed by atoms with van der Waals surface area (Å²) in [5.41, 5.74) is 4.52. The average Bonchev–Trinajstić information content (AvgIpc) is 3.20. The van der Waals surface area contributed by atoms with Gasteiger partial charge in [-0.3, -0.25) is 14.6 Å². The fourth-order valence-corrected chi connectivity index (χ4v) is 3.90. The number of hydrogen-bond donors (Lipinski definition) is 3. The lowest BCUT2D eigenvalue weighted by atomic mass is 9.87. The Bertz CT molecular complexity index is 989. The molecule has 0 saturated heterocycles. The number of aryl methyl sites for hydroxylation is 1. The van der Waals surface area contributed by atoms with Gasteiger partial charge in [0.15, 0.2) is 5.82 Å². The quantitative estimate of drug-likeness (QED) is 0.615. The van der Waals surface area contributed by atoms with Crippen molar-refractivity contribution in [2.45, 2.75) is 31.8 Å². The van der Waals surface area contributed by atoms with E-state index in [1.165, 1.54) is 12.1 Å². The molecular formula is C19H20ClFN6O. The second-order valence-corrected chi connectivity index (χ2v) is 6.99. The maximum absolute atomic E-state index is 13.3. The summed E-state index contributed by atoms with van der Waals surface area (Å²) in [4.78, 5) is 12.2. The molecule has 4 heterocycles. The van der Waals surface area contributed by atoms with E-state index in [1.54, 1.807) is 12.1 Å². The van der Waals surface area contributed by atoms with Crippen LogP contribution in [0.15, 0.2) is 30.3 Å². The molecule has 0 bridgehead atoms. The molecule has 1 aromatic carbocycles. The van der Waals surface area contributed by atoms with Crippen LogP contribution >= 0.6 is 12.4 Å². The molecule has 0 aliphatic carbocycles. The molecular weight excluding hydrogens is 383 g/mol. The summed E-state index contributed by atoms with van der Waals surface area (Å²) >= 11 is 0. The topological polar surface area (TPSA) is 87.6 Å². The summed E-state index contributed by atoms with van der Waals surface area (Å²) in [6.45, 7) is 2.62. The molecule has 2 aliphatic rings. The number of H-pyrrole nitrogens is 1. The molecule has 3 aromatic rings. The maximum Gasteiger partial charge on any atom is 0.226 e. The van der Waals surface area contributed by atoms with Crippen LogP contribution in [0.2, 0.25) is 0 Å². The molecule has 0 fully saturated rings. The number of aromatic amines is 1. The maximum atomic E-state index is 13.3. The number of carbonyl (C=O) groups excluding carboxylic acids is 1. The van der Waals surface area contributed by atoms with Crippen LogP contribution in [0.1, 0.15) is 35.7 Å². The van der Waals surface area contributed by atoms with Crippen LogP contribution in [-0.2, 0) is 17.9 Å². The summed E-state index contributed by atoms with van der Waals surface area (Å²) in [6, 6.07) is 8.34. The first-order valence-electron chi connectivity index (χ1n) is 9.10. The van der Waals surface area contributed by atoms with Gasteiger partial charge in [-0.05, 0) is 43.3 Å². The number of nitrogens with one attached hydrogen (secondary N) is 3. The predicted octanol–water partition coefficient (Wildman–Crippen LogP) is 2.80. The minimum atomic E-state index is -0.290. The summed E-state index contributed by atoms with van der Waals surface area (Å²) in [5.74, 6) is -0.0304. The standard InChI is InChI=1S/C19H19FN6O.ClH/c20-12-4-2-11(3-5-12)18-17-14(9-16(27)22-19(17)24-23-18)15-8-13-10-21-6-1-7-26(13)25-15;/h2-5,8,14,21H,1,6-7,9-10H2,(H2,22,23,24,27);1H. The molecule has 146 valence electrons. The number of amides is 1. The van der Waals surface area contributed by atoms with Crippen LogP contribution in [-0.4, -0.2) is 32.4 Å². The Hall–Kier alpha value is -2.71. The molecule has 28 heavy (non-hydrogen) atoms. The molecule has 2 aromatic heterocycles. The number of halogens is 2. The highest BCUT2D eigenvalue weighted by Crippen LogP contribution is 2.41. The van der Waals surface area contributed by atoms with E-state index in [1.807, 2.05) is 4.68 Å². The van der Waals surface area contributed by atoms with E-state index in [4.69, 9.17) is 5.10 Å². The normalized spacial score (nSPS) is 18.5. The van der Waals surface area contributed by atoms with Crippen molar-refractivity contribution in [3.8, 4) is 11.3 Å². The summed E-state index contributed by atoms with van der Waals surface area (Å²) in [6.07, 6.45) is 1.33. The van der Waals surface area contributed by atoms with Gasteiger partial charge >= 0.3 is 0 Å². The first-order valence-corrected chi connectivity index (χ1v) is 9.10. The van der Waals surface area contributed by atoms with Crippen LogP contribution in [0.5, 0.6) is 0 Å². The third-order valence-corrected chi connectivity index (χ3v) is 5.20. The first kappa shape index (κ1) is 18.6. The second-order valence-electron chi connectivity index (χ2n) is 6.99. The largest absolute Gasteiger partial charge is 0.311 e. The minimum Gasteiger partial charge on any atom is -0.311 e. The van der Waals surface area contributed by atoms with Crippen molar-refractivity contribution in [3.63, 3.8) is 0 Å². The highest BCUT2D eigenvalue weighted by molar-refractivity contribution is 5.95. The highest BCUT2D eigenvalue weighted by Gasteiger charge is 2.34. The Morgan fingerprint density at radius 1 is 1.21 bits per heavy atom. The molecule has 7 nitrogen and oxygen atoms in total. The molecule has 1 amide bonds. The lowest BCUT2D eigenvalue weighted by Crippen LogP contribution is -2.23. The van der Waals surface area contributed by atoms with Gasteiger partial charge in [-0.15, -0.1) is 12.4 Å². The van der Waals surface area contributed by atoms with E-state index in [9.17, 15) is 9.18 Å². The number of nitrogens with zero attached hydrogens (tertiary/aromatic N) is 3. The van der Waals surface area contributed by atoms with Crippen molar-refractivity contribution < 1.29 is 9.18 Å². The molecule has 1 atom stereocenters. The van der Waals surface area contributed by atoms with Gasteiger partial charge in [-0.2, -0.15) is 10.2 Å². The highest BCUT2D eigenvalue weighted by atomic mass is 35.5. The Morgan fingerprint density at radius 3 is 2.86 bits per heavy atom. The van der Waals surface area contributed by atoms with Crippen molar-refractivity contribution in [1.29, 1.82) is 0 Å². The summed E-state index contributed by atoms with van der Waals surface area (Å²) in [5, 5.41) is 18.3. The van der Waals surface area contributed by atoms with E-state index in [0.29, 0.717) is 12.2 Å². The van der Waals surface area contributed by atoms with Gasteiger partial charge in [0.1, 0.15) is 5.82 Å². The van der Waals surface area contributed by atoms with Crippen LogP contribution in [0.25, 0.3) is 11.3 Å². The third-order valence-electron chi connectivity index (χ3n) is 5.20. The zero-order valence-corrected chi connectivity index (χ0v) is 15.9. The van der Waals surface area contributed by atoms with Gasteiger partial charge in [-0.25, -0.2) is 4.39 Å². The summed E-state index contributed by atoms with van der Waals surface area (Å²) in [7, 11) is 0. The Kier molecular flexibility index (Phi) is 4.91. The second kappa shape index (κ2) is 7.37. The first-order chi connectivity index (χ1) is 13.2. The van der Waals surface area contributed by atoms with E-state index in [-0.39, 0.29) is 30.0 Å². The van der Waals surface area contributed by atoms with E-state index >= 15 is 0 Å². The van der Waals surface area contributed by atoms with Gasteiger partial charge in [0, 0.05) is 36.6 Å². The predicted molar refractivity (Wildman–Crippen MR) is 105 cm³/mol. The molecule has 5 rings (SSSR count). The lowest BCUT2D eigenvalue weighted by molar-refractivity contribution is -0.116. The molecule has 0 saturated carbocycles. The minimum absolute atomic E-state index is 0. The van der Waals surface area contributed by atoms with Crippen LogP contribution < -0.4 is 10.6 Å². The molecule has 2 aliphatic heterocycles. The zero-order valence-electron chi connectivity index (χ0n) is 15.0. The van der Waals surface area contributed by atoms with Crippen molar-refractivity contribution >= 4 is 24.1 Å². The van der Waals surface area contributed by atoms with E-state index < -0.39 is 0 Å². The van der Waals surface area contributed by atoms with Gasteiger partial charge in [0.05, 0.1) is 17.1 Å².